The second-order valence-electron chi connectivity index (χ2n) is 4.57. The zero-order valence-corrected chi connectivity index (χ0v) is 11.6. The first kappa shape index (κ1) is 14.9. The van der Waals surface area contributed by atoms with Crippen LogP contribution in [0.15, 0.2) is 35.1 Å². The van der Waals surface area contributed by atoms with Crippen molar-refractivity contribution in [3.63, 3.8) is 0 Å². The second-order valence-corrected chi connectivity index (χ2v) is 4.57. The van der Waals surface area contributed by atoms with Gasteiger partial charge in [-0.05, 0) is 13.0 Å². The number of hydrogen-bond acceptors (Lipinski definition) is 5. The molecular weight excluding hydrogens is 272 g/mol. The third kappa shape index (κ3) is 3.96. The Morgan fingerprint density at radius 1 is 1.38 bits per heavy atom. The van der Waals surface area contributed by atoms with Crippen molar-refractivity contribution >= 4 is 5.69 Å². The molecule has 0 fully saturated rings. The monoisotopic (exact) mass is 288 g/mol. The number of aromatic nitrogens is 2. The van der Waals surface area contributed by atoms with Crippen LogP contribution in [0.2, 0.25) is 0 Å². The fraction of sp³-hybridized carbons (Fsp3) is 0.286. The van der Waals surface area contributed by atoms with Gasteiger partial charge in [-0.15, -0.1) is 0 Å². The van der Waals surface area contributed by atoms with Crippen LogP contribution in [0.25, 0.3) is 11.4 Å². The number of non-ortho nitro benzene ring substituents is 1. The molecule has 0 aliphatic carbocycles. The number of nitro groups is 1. The highest BCUT2D eigenvalue weighted by atomic mass is 16.6. The molecule has 2 aromatic rings. The topological polar surface area (TPSA) is 101 Å². The summed E-state index contributed by atoms with van der Waals surface area (Å²) >= 11 is 0. The molecule has 0 spiro atoms. The van der Waals surface area contributed by atoms with Crippen molar-refractivity contribution in [3.05, 3.63) is 56.5 Å². The second kappa shape index (κ2) is 6.76. The molecule has 0 amide bonds. The van der Waals surface area contributed by atoms with Gasteiger partial charge in [0.05, 0.1) is 10.6 Å². The standard InChI is InChI=1S/C14H16N4O3/c1-2-6-15-9-11-8-13(19)17-14(16-11)10-4-3-5-12(7-10)18(20)21/h3-5,7-8,15H,2,6,9H2,1H3,(H,16,17,19). The fourth-order valence-corrected chi connectivity index (χ4v) is 1.90. The van der Waals surface area contributed by atoms with Gasteiger partial charge >= 0.3 is 0 Å². The van der Waals surface area contributed by atoms with Gasteiger partial charge in [-0.1, -0.05) is 19.1 Å². The summed E-state index contributed by atoms with van der Waals surface area (Å²) in [7, 11) is 0. The van der Waals surface area contributed by atoms with Crippen molar-refractivity contribution in [3.8, 4) is 11.4 Å². The molecule has 7 heteroatoms. The molecule has 0 radical (unpaired) electrons. The lowest BCUT2D eigenvalue weighted by Crippen LogP contribution is -2.18. The summed E-state index contributed by atoms with van der Waals surface area (Å²) in [6, 6.07) is 7.45. The molecule has 7 nitrogen and oxygen atoms in total. The quantitative estimate of drug-likeness (QED) is 0.480. The number of hydrogen-bond donors (Lipinski definition) is 2. The highest BCUT2D eigenvalue weighted by molar-refractivity contribution is 5.58. The van der Waals surface area contributed by atoms with Crippen LogP contribution in [0.4, 0.5) is 5.69 Å². The summed E-state index contributed by atoms with van der Waals surface area (Å²) < 4.78 is 0. The average molecular weight is 288 g/mol. The van der Waals surface area contributed by atoms with E-state index in [1.165, 1.54) is 18.2 Å². The van der Waals surface area contributed by atoms with Gasteiger partial charge in [0.15, 0.2) is 0 Å². The first-order valence-electron chi connectivity index (χ1n) is 6.66. The maximum Gasteiger partial charge on any atom is 0.270 e. The Morgan fingerprint density at radius 3 is 2.90 bits per heavy atom. The Labute approximate surface area is 121 Å². The molecular formula is C14H16N4O3. The predicted molar refractivity (Wildman–Crippen MR) is 78.9 cm³/mol. The minimum absolute atomic E-state index is 0.0374. The van der Waals surface area contributed by atoms with Gasteiger partial charge in [0.25, 0.3) is 11.2 Å². The van der Waals surface area contributed by atoms with Crippen LogP contribution in [0.1, 0.15) is 19.0 Å². The van der Waals surface area contributed by atoms with E-state index in [2.05, 4.69) is 15.3 Å². The first-order valence-corrected chi connectivity index (χ1v) is 6.66. The molecule has 0 atom stereocenters. The van der Waals surface area contributed by atoms with Crippen molar-refractivity contribution in [1.29, 1.82) is 0 Å². The van der Waals surface area contributed by atoms with E-state index in [-0.39, 0.29) is 11.2 Å². The van der Waals surface area contributed by atoms with Crippen LogP contribution in [0.3, 0.4) is 0 Å². The van der Waals surface area contributed by atoms with Crippen molar-refractivity contribution < 1.29 is 4.92 Å². The number of benzene rings is 1. The molecule has 1 aromatic carbocycles. The molecule has 2 rings (SSSR count). The van der Waals surface area contributed by atoms with E-state index in [0.29, 0.717) is 23.6 Å². The molecule has 0 aliphatic rings. The average Bonchev–Trinajstić information content (AvgIpc) is 2.47. The molecule has 1 aromatic heterocycles. The highest BCUT2D eigenvalue weighted by Crippen LogP contribution is 2.20. The lowest BCUT2D eigenvalue weighted by molar-refractivity contribution is -0.384. The van der Waals surface area contributed by atoms with E-state index in [4.69, 9.17) is 0 Å². The minimum atomic E-state index is -0.478. The number of rotatable bonds is 6. The number of nitrogens with zero attached hydrogens (tertiary/aromatic N) is 2. The van der Waals surface area contributed by atoms with Gasteiger partial charge in [-0.2, -0.15) is 0 Å². The first-order chi connectivity index (χ1) is 10.1. The van der Waals surface area contributed by atoms with Gasteiger partial charge in [0, 0.05) is 30.3 Å². The van der Waals surface area contributed by atoms with E-state index >= 15 is 0 Å². The third-order valence-electron chi connectivity index (χ3n) is 2.86. The van der Waals surface area contributed by atoms with Crippen LogP contribution in [0.5, 0.6) is 0 Å². The summed E-state index contributed by atoms with van der Waals surface area (Å²) in [5.41, 5.74) is 0.803. The largest absolute Gasteiger partial charge is 0.311 e. The predicted octanol–water partition coefficient (Wildman–Crippen LogP) is 1.84. The Balaban J connectivity index is 2.33. The Morgan fingerprint density at radius 2 is 2.19 bits per heavy atom. The molecule has 110 valence electrons. The highest BCUT2D eigenvalue weighted by Gasteiger charge is 2.09. The van der Waals surface area contributed by atoms with Crippen molar-refractivity contribution in [2.24, 2.45) is 0 Å². The molecule has 0 bridgehead atoms. The molecule has 2 N–H and O–H groups in total. The summed E-state index contributed by atoms with van der Waals surface area (Å²) in [5.74, 6) is 0.333. The van der Waals surface area contributed by atoms with E-state index in [1.54, 1.807) is 12.1 Å². The van der Waals surface area contributed by atoms with Crippen molar-refractivity contribution in [2.75, 3.05) is 6.54 Å². The van der Waals surface area contributed by atoms with E-state index < -0.39 is 4.92 Å². The molecule has 0 aliphatic heterocycles. The number of H-pyrrole nitrogens is 1. The summed E-state index contributed by atoms with van der Waals surface area (Å²) in [5, 5.41) is 14.0. The fourth-order valence-electron chi connectivity index (χ4n) is 1.90. The maximum absolute atomic E-state index is 11.7. The number of nitro benzene ring substituents is 1. The van der Waals surface area contributed by atoms with Crippen molar-refractivity contribution in [2.45, 2.75) is 19.9 Å². The lowest BCUT2D eigenvalue weighted by Gasteiger charge is -2.05. The van der Waals surface area contributed by atoms with Gasteiger partial charge in [-0.25, -0.2) is 4.98 Å². The molecule has 0 saturated heterocycles. The molecule has 21 heavy (non-hydrogen) atoms. The zero-order valence-electron chi connectivity index (χ0n) is 11.6. The lowest BCUT2D eigenvalue weighted by atomic mass is 10.2. The van der Waals surface area contributed by atoms with Crippen LogP contribution >= 0.6 is 0 Å². The van der Waals surface area contributed by atoms with Gasteiger partial charge in [0.2, 0.25) is 0 Å². The third-order valence-corrected chi connectivity index (χ3v) is 2.86. The van der Waals surface area contributed by atoms with Crippen LogP contribution < -0.4 is 10.9 Å². The number of nitrogens with one attached hydrogen (secondary N) is 2. The summed E-state index contributed by atoms with van der Waals surface area (Å²) in [4.78, 5) is 28.9. The normalized spacial score (nSPS) is 10.5. The van der Waals surface area contributed by atoms with Crippen LogP contribution in [-0.2, 0) is 6.54 Å². The van der Waals surface area contributed by atoms with E-state index in [1.807, 2.05) is 6.92 Å². The molecule has 0 unspecified atom stereocenters. The van der Waals surface area contributed by atoms with Gasteiger partial charge in [-0.3, -0.25) is 14.9 Å². The van der Waals surface area contributed by atoms with Crippen LogP contribution in [-0.4, -0.2) is 21.4 Å². The Hall–Kier alpha value is -2.54. The Bertz CT molecular complexity index is 697. The zero-order chi connectivity index (χ0) is 15.2. The number of aromatic amines is 1. The Kier molecular flexibility index (Phi) is 4.78. The van der Waals surface area contributed by atoms with Crippen molar-refractivity contribution in [1.82, 2.24) is 15.3 Å². The molecule has 1 heterocycles. The summed E-state index contributed by atoms with van der Waals surface area (Å²) in [6.45, 7) is 3.37. The smallest absolute Gasteiger partial charge is 0.270 e. The van der Waals surface area contributed by atoms with Crippen LogP contribution in [0, 0.1) is 10.1 Å². The van der Waals surface area contributed by atoms with Gasteiger partial charge < -0.3 is 10.3 Å². The van der Waals surface area contributed by atoms with Gasteiger partial charge in [0.1, 0.15) is 5.82 Å². The van der Waals surface area contributed by atoms with E-state index in [9.17, 15) is 14.9 Å². The minimum Gasteiger partial charge on any atom is -0.311 e. The summed E-state index contributed by atoms with van der Waals surface area (Å²) in [6.07, 6.45) is 0.987. The maximum atomic E-state index is 11.7. The molecule has 0 saturated carbocycles. The van der Waals surface area contributed by atoms with E-state index in [0.717, 1.165) is 13.0 Å². The SMILES string of the molecule is CCCNCc1cc(=O)[nH]c(-c2cccc([N+](=O)[O-])c2)n1.